The first-order chi connectivity index (χ1) is 16.4. The van der Waals surface area contributed by atoms with Crippen molar-refractivity contribution in [2.45, 2.75) is 57.7 Å². The second-order valence-electron chi connectivity index (χ2n) is 9.45. The van der Waals surface area contributed by atoms with Crippen molar-refractivity contribution >= 4 is 23.3 Å². The molecule has 5 rings (SSSR count). The molecule has 1 aromatic heterocycles. The van der Waals surface area contributed by atoms with Crippen LogP contribution in [0.4, 0.5) is 10.1 Å². The predicted octanol–water partition coefficient (Wildman–Crippen LogP) is 2.32. The smallest absolute Gasteiger partial charge is 0.271 e. The number of amides is 2. The van der Waals surface area contributed by atoms with Gasteiger partial charge in [-0.05, 0) is 43.9 Å². The summed E-state index contributed by atoms with van der Waals surface area (Å²) in [7, 11) is 0. The molecular weight excluding hydrogens is 439 g/mol. The number of fused-ring (bicyclic) bond motifs is 1. The van der Waals surface area contributed by atoms with E-state index in [-0.39, 0.29) is 35.2 Å². The van der Waals surface area contributed by atoms with Gasteiger partial charge in [0.15, 0.2) is 5.78 Å². The highest BCUT2D eigenvalue weighted by atomic mass is 19.1. The number of carbonyl (C=O) groups excluding carboxylic acids is 3. The molecule has 3 aliphatic rings. The quantitative estimate of drug-likeness (QED) is 0.501. The first-order valence-electron chi connectivity index (χ1n) is 11.9. The molecule has 0 radical (unpaired) electrons. The van der Waals surface area contributed by atoms with Crippen LogP contribution in [-0.2, 0) is 11.3 Å². The standard InChI is InChI=1S/C24H29FN6O3/c1-13-10-19(30-29-13)14-6-7-17(18(25)11-14)22(32)15-4-2-3-5-16(15)23(33)28-20-12-27-31-9-8-26-24(34)21(20)31/h6-7,11-13,15-16,19,29-30H,2-5,8-10H2,1H3,(H,26,34)(H,28,33). The predicted molar refractivity (Wildman–Crippen MR) is 122 cm³/mol. The molecule has 1 saturated heterocycles. The molecule has 4 N–H and O–H groups in total. The molecule has 2 aliphatic heterocycles. The van der Waals surface area contributed by atoms with E-state index in [2.05, 4.69) is 26.6 Å². The van der Waals surface area contributed by atoms with Gasteiger partial charge in [0.2, 0.25) is 5.91 Å². The second kappa shape index (κ2) is 9.27. The van der Waals surface area contributed by atoms with Gasteiger partial charge in [-0.1, -0.05) is 18.9 Å². The number of halogens is 1. The number of aromatic nitrogens is 2. The van der Waals surface area contributed by atoms with E-state index in [1.165, 1.54) is 12.3 Å². The number of hydrogen-bond donors (Lipinski definition) is 4. The minimum atomic E-state index is -0.611. The molecule has 4 unspecified atom stereocenters. The molecule has 1 aliphatic carbocycles. The number of hydrogen-bond acceptors (Lipinski definition) is 6. The third kappa shape index (κ3) is 4.23. The van der Waals surface area contributed by atoms with E-state index < -0.39 is 17.7 Å². The number of nitrogens with zero attached hydrogens (tertiary/aromatic N) is 2. The van der Waals surface area contributed by atoms with E-state index in [4.69, 9.17) is 0 Å². The Hall–Kier alpha value is -3.11. The molecular formula is C24H29FN6O3. The topological polar surface area (TPSA) is 117 Å². The number of Topliss-reactive ketones (excluding diaryl/α,β-unsaturated/α-hetero) is 1. The van der Waals surface area contributed by atoms with Gasteiger partial charge in [-0.15, -0.1) is 0 Å². The summed E-state index contributed by atoms with van der Waals surface area (Å²) in [6.45, 7) is 3.06. The number of hydrazine groups is 1. The molecule has 2 amide bonds. The Morgan fingerprint density at radius 3 is 2.71 bits per heavy atom. The first-order valence-corrected chi connectivity index (χ1v) is 11.9. The summed E-state index contributed by atoms with van der Waals surface area (Å²) in [6.07, 6.45) is 4.97. The fourth-order valence-corrected chi connectivity index (χ4v) is 5.31. The second-order valence-corrected chi connectivity index (χ2v) is 9.45. The highest BCUT2D eigenvalue weighted by Gasteiger charge is 2.38. The molecule has 3 heterocycles. The van der Waals surface area contributed by atoms with E-state index in [0.717, 1.165) is 24.8 Å². The maximum Gasteiger partial charge on any atom is 0.271 e. The van der Waals surface area contributed by atoms with Crippen molar-refractivity contribution in [3.8, 4) is 0 Å². The zero-order valence-corrected chi connectivity index (χ0v) is 19.1. The van der Waals surface area contributed by atoms with Crippen molar-refractivity contribution < 1.29 is 18.8 Å². The van der Waals surface area contributed by atoms with Gasteiger partial charge in [0.05, 0.1) is 24.0 Å². The minimum Gasteiger partial charge on any atom is -0.349 e. The lowest BCUT2D eigenvalue weighted by Gasteiger charge is -2.29. The van der Waals surface area contributed by atoms with Crippen LogP contribution in [-0.4, -0.2) is 40.0 Å². The lowest BCUT2D eigenvalue weighted by atomic mass is 9.74. The summed E-state index contributed by atoms with van der Waals surface area (Å²) in [5.41, 5.74) is 7.71. The van der Waals surface area contributed by atoms with Crippen LogP contribution >= 0.6 is 0 Å². The number of nitrogens with one attached hydrogen (secondary N) is 4. The van der Waals surface area contributed by atoms with Crippen molar-refractivity contribution in [1.82, 2.24) is 25.9 Å². The van der Waals surface area contributed by atoms with Crippen LogP contribution in [0.3, 0.4) is 0 Å². The van der Waals surface area contributed by atoms with Crippen molar-refractivity contribution in [3.63, 3.8) is 0 Å². The Balaban J connectivity index is 1.33. The number of ketones is 1. The average molecular weight is 469 g/mol. The third-order valence-corrected chi connectivity index (χ3v) is 7.12. The molecule has 1 aromatic carbocycles. The summed E-state index contributed by atoms with van der Waals surface area (Å²) in [4.78, 5) is 38.8. The SMILES string of the molecule is CC1CC(c2ccc(C(=O)C3CCCCC3C(=O)Nc3cnn4c3C(=O)NCC4)c(F)c2)NN1. The maximum atomic E-state index is 15.0. The zero-order chi connectivity index (χ0) is 23.8. The largest absolute Gasteiger partial charge is 0.349 e. The van der Waals surface area contributed by atoms with E-state index in [9.17, 15) is 14.4 Å². The van der Waals surface area contributed by atoms with Crippen LogP contribution in [0.15, 0.2) is 24.4 Å². The number of benzene rings is 1. The summed E-state index contributed by atoms with van der Waals surface area (Å²) >= 11 is 0. The first kappa shape index (κ1) is 22.7. The molecule has 0 bridgehead atoms. The van der Waals surface area contributed by atoms with Gasteiger partial charge < -0.3 is 10.6 Å². The Kier molecular flexibility index (Phi) is 6.18. The highest BCUT2D eigenvalue weighted by molar-refractivity contribution is 6.06. The molecule has 9 nitrogen and oxygen atoms in total. The summed E-state index contributed by atoms with van der Waals surface area (Å²) in [5, 5.41) is 9.73. The van der Waals surface area contributed by atoms with E-state index in [0.29, 0.717) is 37.3 Å². The Bertz CT molecular complexity index is 1130. The third-order valence-electron chi connectivity index (χ3n) is 7.12. The van der Waals surface area contributed by atoms with Gasteiger partial charge in [0, 0.05) is 30.5 Å². The monoisotopic (exact) mass is 468 g/mol. The number of carbonyl (C=O) groups is 3. The van der Waals surface area contributed by atoms with Crippen LogP contribution < -0.4 is 21.5 Å². The van der Waals surface area contributed by atoms with Gasteiger partial charge in [-0.3, -0.25) is 29.9 Å². The maximum absolute atomic E-state index is 15.0. The van der Waals surface area contributed by atoms with Crippen LogP contribution in [0.1, 0.15) is 71.5 Å². The fourth-order valence-electron chi connectivity index (χ4n) is 5.31. The Morgan fingerprint density at radius 2 is 1.97 bits per heavy atom. The zero-order valence-electron chi connectivity index (χ0n) is 19.1. The lowest BCUT2D eigenvalue weighted by Crippen LogP contribution is -2.38. The number of rotatable bonds is 5. The van der Waals surface area contributed by atoms with Crippen molar-refractivity contribution in [2.24, 2.45) is 11.8 Å². The molecule has 2 aromatic rings. The summed E-state index contributed by atoms with van der Waals surface area (Å²) in [6, 6.07) is 5.01. The number of anilines is 1. The van der Waals surface area contributed by atoms with Crippen LogP contribution in [0.5, 0.6) is 0 Å². The van der Waals surface area contributed by atoms with E-state index in [1.807, 2.05) is 6.92 Å². The summed E-state index contributed by atoms with van der Waals surface area (Å²) < 4.78 is 16.6. The molecule has 4 atom stereocenters. The van der Waals surface area contributed by atoms with E-state index in [1.54, 1.807) is 16.8 Å². The molecule has 0 spiro atoms. The Morgan fingerprint density at radius 1 is 1.18 bits per heavy atom. The van der Waals surface area contributed by atoms with Gasteiger partial charge in [0.1, 0.15) is 11.5 Å². The molecule has 1 saturated carbocycles. The van der Waals surface area contributed by atoms with Crippen LogP contribution in [0, 0.1) is 17.7 Å². The fraction of sp³-hybridized carbons (Fsp3) is 0.500. The molecule has 2 fully saturated rings. The van der Waals surface area contributed by atoms with Crippen molar-refractivity contribution in [2.75, 3.05) is 11.9 Å². The minimum absolute atomic E-state index is 0.0130. The Labute approximate surface area is 196 Å². The molecule has 180 valence electrons. The summed E-state index contributed by atoms with van der Waals surface area (Å²) in [5.74, 6) is -2.73. The molecule has 10 heteroatoms. The van der Waals surface area contributed by atoms with Crippen molar-refractivity contribution in [3.05, 3.63) is 47.0 Å². The van der Waals surface area contributed by atoms with Gasteiger partial charge in [-0.2, -0.15) is 5.10 Å². The van der Waals surface area contributed by atoms with Crippen molar-refractivity contribution in [1.29, 1.82) is 0 Å². The average Bonchev–Trinajstić information content (AvgIpc) is 3.45. The van der Waals surface area contributed by atoms with Crippen LogP contribution in [0.25, 0.3) is 0 Å². The molecule has 34 heavy (non-hydrogen) atoms. The lowest BCUT2D eigenvalue weighted by molar-refractivity contribution is -0.122. The highest BCUT2D eigenvalue weighted by Crippen LogP contribution is 2.35. The van der Waals surface area contributed by atoms with E-state index >= 15 is 4.39 Å². The van der Waals surface area contributed by atoms with Gasteiger partial charge in [0.25, 0.3) is 5.91 Å². The normalized spacial score (nSPS) is 26.6. The van der Waals surface area contributed by atoms with Gasteiger partial charge >= 0.3 is 0 Å². The van der Waals surface area contributed by atoms with Gasteiger partial charge in [-0.25, -0.2) is 4.39 Å². The van der Waals surface area contributed by atoms with Crippen LogP contribution in [0.2, 0.25) is 0 Å².